The normalized spacial score (nSPS) is 19.6. The lowest BCUT2D eigenvalue weighted by Gasteiger charge is -2.09. The predicted octanol–water partition coefficient (Wildman–Crippen LogP) is 2.79. The summed E-state index contributed by atoms with van der Waals surface area (Å²) in [6.07, 6.45) is 4.41. The summed E-state index contributed by atoms with van der Waals surface area (Å²) in [5.41, 5.74) is 2.58. The second kappa shape index (κ2) is 3.11. The average Bonchev–Trinajstić information content (AvgIpc) is 2.50. The Morgan fingerprint density at radius 1 is 1.33 bits per heavy atom. The van der Waals surface area contributed by atoms with Gasteiger partial charge in [0.15, 0.2) is 0 Å². The Balaban J connectivity index is 2.30. The number of benzene rings is 1. The number of ether oxygens (including phenoxy) is 1. The predicted molar refractivity (Wildman–Crippen MR) is 49.8 cm³/mol. The van der Waals surface area contributed by atoms with Gasteiger partial charge in [-0.2, -0.15) is 0 Å². The van der Waals surface area contributed by atoms with Crippen molar-refractivity contribution in [3.63, 3.8) is 0 Å². The molecule has 0 aliphatic heterocycles. The lowest BCUT2D eigenvalue weighted by atomic mass is 10.1. The van der Waals surface area contributed by atoms with Crippen molar-refractivity contribution in [3.05, 3.63) is 41.5 Å². The van der Waals surface area contributed by atoms with Crippen LogP contribution in [0, 0.1) is 0 Å². The molecule has 12 heavy (non-hydrogen) atoms. The quantitative estimate of drug-likeness (QED) is 0.646. The maximum absolute atomic E-state index is 5.54. The third-order valence-corrected chi connectivity index (χ3v) is 2.10. The van der Waals surface area contributed by atoms with Gasteiger partial charge in [-0.15, -0.1) is 0 Å². The largest absolute Gasteiger partial charge is 0.370 e. The molecule has 0 aromatic heterocycles. The molecule has 0 fully saturated rings. The van der Waals surface area contributed by atoms with Crippen molar-refractivity contribution in [2.45, 2.75) is 13.0 Å². The second-order valence-electron chi connectivity index (χ2n) is 2.86. The summed E-state index contributed by atoms with van der Waals surface area (Å²) < 4.78 is 5.54. The highest BCUT2D eigenvalue weighted by Gasteiger charge is 2.15. The molecule has 2 rings (SSSR count). The molecule has 0 bridgehead atoms. The molecule has 1 unspecified atom stereocenters. The summed E-state index contributed by atoms with van der Waals surface area (Å²) >= 11 is 0. The van der Waals surface area contributed by atoms with Gasteiger partial charge in [-0.1, -0.05) is 36.4 Å². The van der Waals surface area contributed by atoms with E-state index in [1.165, 1.54) is 11.1 Å². The van der Waals surface area contributed by atoms with Crippen molar-refractivity contribution in [1.29, 1.82) is 0 Å². The Bertz CT molecular complexity index is 302. The number of rotatable bonds is 2. The minimum absolute atomic E-state index is 0.186. The standard InChI is InChI=1S/C11H12O/c1-2-12-11-8-7-9-5-3-4-6-10(9)11/h3-8,11H,2H2,1H3. The van der Waals surface area contributed by atoms with Crippen LogP contribution in [-0.4, -0.2) is 6.61 Å². The first-order chi connectivity index (χ1) is 5.92. The molecule has 0 spiro atoms. The van der Waals surface area contributed by atoms with Gasteiger partial charge in [-0.25, -0.2) is 0 Å². The van der Waals surface area contributed by atoms with Crippen molar-refractivity contribution < 1.29 is 4.74 Å². The van der Waals surface area contributed by atoms with E-state index in [4.69, 9.17) is 4.74 Å². The van der Waals surface area contributed by atoms with E-state index in [0.29, 0.717) is 0 Å². The van der Waals surface area contributed by atoms with Crippen LogP contribution in [0.25, 0.3) is 6.08 Å². The maximum atomic E-state index is 5.54. The number of hydrogen-bond acceptors (Lipinski definition) is 1. The van der Waals surface area contributed by atoms with Gasteiger partial charge < -0.3 is 4.74 Å². The fraction of sp³-hybridized carbons (Fsp3) is 0.273. The highest BCUT2D eigenvalue weighted by atomic mass is 16.5. The van der Waals surface area contributed by atoms with Crippen molar-refractivity contribution in [3.8, 4) is 0 Å². The van der Waals surface area contributed by atoms with E-state index in [0.717, 1.165) is 6.61 Å². The molecule has 1 aliphatic rings. The molecule has 1 aromatic rings. The first kappa shape index (κ1) is 7.56. The Morgan fingerprint density at radius 2 is 2.17 bits per heavy atom. The van der Waals surface area contributed by atoms with Crippen LogP contribution in [-0.2, 0) is 4.74 Å². The van der Waals surface area contributed by atoms with E-state index in [-0.39, 0.29) is 6.10 Å². The monoisotopic (exact) mass is 160 g/mol. The van der Waals surface area contributed by atoms with Crippen LogP contribution in [0.3, 0.4) is 0 Å². The minimum atomic E-state index is 0.186. The van der Waals surface area contributed by atoms with Gasteiger partial charge in [0, 0.05) is 6.61 Å². The number of hydrogen-bond donors (Lipinski definition) is 0. The summed E-state index contributed by atoms with van der Waals surface area (Å²) in [7, 11) is 0. The third-order valence-electron chi connectivity index (χ3n) is 2.10. The SMILES string of the molecule is CCOC1C=Cc2ccccc21. The van der Waals surface area contributed by atoms with E-state index in [2.05, 4.69) is 36.4 Å². The molecule has 62 valence electrons. The molecule has 0 saturated heterocycles. The van der Waals surface area contributed by atoms with Gasteiger partial charge in [0.1, 0.15) is 6.10 Å². The van der Waals surface area contributed by atoms with Crippen molar-refractivity contribution >= 4 is 6.08 Å². The first-order valence-corrected chi connectivity index (χ1v) is 4.30. The molecule has 0 saturated carbocycles. The summed E-state index contributed by atoms with van der Waals surface area (Å²) in [4.78, 5) is 0. The Morgan fingerprint density at radius 3 is 3.00 bits per heavy atom. The van der Waals surface area contributed by atoms with Gasteiger partial charge >= 0.3 is 0 Å². The molecule has 1 heteroatoms. The molecule has 1 atom stereocenters. The fourth-order valence-corrected chi connectivity index (χ4v) is 1.54. The van der Waals surface area contributed by atoms with Crippen LogP contribution < -0.4 is 0 Å². The zero-order valence-electron chi connectivity index (χ0n) is 7.16. The van der Waals surface area contributed by atoms with Gasteiger partial charge in [0.25, 0.3) is 0 Å². The molecule has 0 N–H and O–H groups in total. The maximum Gasteiger partial charge on any atom is 0.102 e. The Kier molecular flexibility index (Phi) is 1.96. The van der Waals surface area contributed by atoms with E-state index < -0.39 is 0 Å². The summed E-state index contributed by atoms with van der Waals surface area (Å²) in [5.74, 6) is 0. The van der Waals surface area contributed by atoms with E-state index in [9.17, 15) is 0 Å². The second-order valence-corrected chi connectivity index (χ2v) is 2.86. The van der Waals surface area contributed by atoms with Crippen LogP contribution in [0.4, 0.5) is 0 Å². The zero-order chi connectivity index (χ0) is 8.39. The zero-order valence-corrected chi connectivity index (χ0v) is 7.16. The van der Waals surface area contributed by atoms with Gasteiger partial charge in [0.2, 0.25) is 0 Å². The average molecular weight is 160 g/mol. The Labute approximate surface area is 72.7 Å². The van der Waals surface area contributed by atoms with Crippen LogP contribution in [0.5, 0.6) is 0 Å². The van der Waals surface area contributed by atoms with Gasteiger partial charge in [-0.05, 0) is 18.1 Å². The van der Waals surface area contributed by atoms with Crippen molar-refractivity contribution in [2.24, 2.45) is 0 Å². The van der Waals surface area contributed by atoms with Crippen molar-refractivity contribution in [2.75, 3.05) is 6.61 Å². The van der Waals surface area contributed by atoms with Crippen LogP contribution in [0.15, 0.2) is 30.3 Å². The lowest BCUT2D eigenvalue weighted by Crippen LogP contribution is -1.98. The van der Waals surface area contributed by atoms with Gasteiger partial charge in [-0.3, -0.25) is 0 Å². The summed E-state index contributed by atoms with van der Waals surface area (Å²) in [6, 6.07) is 8.34. The lowest BCUT2D eigenvalue weighted by molar-refractivity contribution is 0.0990. The van der Waals surface area contributed by atoms with Crippen LogP contribution in [0.2, 0.25) is 0 Å². The van der Waals surface area contributed by atoms with Crippen LogP contribution >= 0.6 is 0 Å². The molecular weight excluding hydrogens is 148 g/mol. The van der Waals surface area contributed by atoms with Crippen LogP contribution in [0.1, 0.15) is 24.2 Å². The van der Waals surface area contributed by atoms with E-state index >= 15 is 0 Å². The molecule has 0 amide bonds. The summed E-state index contributed by atoms with van der Waals surface area (Å²) in [5, 5.41) is 0. The van der Waals surface area contributed by atoms with Crippen molar-refractivity contribution in [1.82, 2.24) is 0 Å². The minimum Gasteiger partial charge on any atom is -0.370 e. The molecule has 1 aliphatic carbocycles. The highest BCUT2D eigenvalue weighted by molar-refractivity contribution is 5.61. The summed E-state index contributed by atoms with van der Waals surface area (Å²) in [6.45, 7) is 2.79. The van der Waals surface area contributed by atoms with Gasteiger partial charge in [0.05, 0.1) is 0 Å². The molecule has 1 aromatic carbocycles. The smallest absolute Gasteiger partial charge is 0.102 e. The first-order valence-electron chi connectivity index (χ1n) is 4.30. The fourth-order valence-electron chi connectivity index (χ4n) is 1.54. The van der Waals surface area contributed by atoms with E-state index in [1.807, 2.05) is 6.92 Å². The highest BCUT2D eigenvalue weighted by Crippen LogP contribution is 2.30. The Hall–Kier alpha value is -1.08. The molecule has 1 nitrogen and oxygen atoms in total. The molecular formula is C11H12O. The number of fused-ring (bicyclic) bond motifs is 1. The topological polar surface area (TPSA) is 9.23 Å². The molecule has 0 radical (unpaired) electrons. The van der Waals surface area contributed by atoms with E-state index in [1.54, 1.807) is 0 Å². The molecule has 0 heterocycles. The third kappa shape index (κ3) is 1.16.